The second-order valence-corrected chi connectivity index (χ2v) is 11.7. The van der Waals surface area contributed by atoms with Crippen LogP contribution in [0.25, 0.3) is 0 Å². The van der Waals surface area contributed by atoms with Gasteiger partial charge in [-0.15, -0.1) is 0 Å². The lowest BCUT2D eigenvalue weighted by molar-refractivity contribution is -0.0456. The molecule has 0 saturated carbocycles. The minimum absolute atomic E-state index is 0.00170. The molecule has 0 aliphatic carbocycles. The number of hydrogen-bond donors (Lipinski definition) is 0. The van der Waals surface area contributed by atoms with Crippen LogP contribution < -0.4 is 0 Å². The standard InChI is InChI=1S/C16H32N4O5S2/c1-14-6-4-5-7-20(14)27(23,24)18-10-8-17(9-11-18)26(21,22)19-12-15(2)25-16(3)13-19/h14-16H,4-13H2,1-3H3. The summed E-state index contributed by atoms with van der Waals surface area (Å²) < 4.78 is 63.3. The summed E-state index contributed by atoms with van der Waals surface area (Å²) in [7, 11) is -7.14. The zero-order valence-corrected chi connectivity index (χ0v) is 18.1. The van der Waals surface area contributed by atoms with E-state index in [9.17, 15) is 16.8 Å². The molecule has 3 atom stereocenters. The van der Waals surface area contributed by atoms with Gasteiger partial charge in [-0.2, -0.15) is 34.1 Å². The van der Waals surface area contributed by atoms with E-state index in [2.05, 4.69) is 0 Å². The molecule has 3 saturated heterocycles. The van der Waals surface area contributed by atoms with Crippen LogP contribution in [0.5, 0.6) is 0 Å². The van der Waals surface area contributed by atoms with Gasteiger partial charge in [0.15, 0.2) is 0 Å². The summed E-state index contributed by atoms with van der Waals surface area (Å²) in [5, 5.41) is 0. The Morgan fingerprint density at radius 3 is 1.74 bits per heavy atom. The smallest absolute Gasteiger partial charge is 0.282 e. The van der Waals surface area contributed by atoms with Crippen molar-refractivity contribution < 1.29 is 21.6 Å². The largest absolute Gasteiger partial charge is 0.373 e. The number of ether oxygens (including phenoxy) is 1. The second kappa shape index (κ2) is 8.21. The van der Waals surface area contributed by atoms with Crippen molar-refractivity contribution in [3.63, 3.8) is 0 Å². The third kappa shape index (κ3) is 4.49. The third-order valence-electron chi connectivity index (χ3n) is 5.60. The molecule has 3 heterocycles. The molecule has 3 unspecified atom stereocenters. The van der Waals surface area contributed by atoms with Gasteiger partial charge in [0.1, 0.15) is 0 Å². The van der Waals surface area contributed by atoms with Gasteiger partial charge in [-0.25, -0.2) is 0 Å². The van der Waals surface area contributed by atoms with E-state index in [-0.39, 0.29) is 44.4 Å². The Hall–Kier alpha value is -0.300. The highest BCUT2D eigenvalue weighted by atomic mass is 32.2. The molecule has 0 radical (unpaired) electrons. The van der Waals surface area contributed by atoms with Crippen LogP contribution >= 0.6 is 0 Å². The van der Waals surface area contributed by atoms with Gasteiger partial charge in [-0.05, 0) is 33.6 Å². The lowest BCUT2D eigenvalue weighted by atomic mass is 10.1. The first kappa shape index (κ1) is 21.4. The molecular formula is C16H32N4O5S2. The zero-order valence-electron chi connectivity index (χ0n) is 16.4. The lowest BCUT2D eigenvalue weighted by Gasteiger charge is -2.42. The van der Waals surface area contributed by atoms with Crippen molar-refractivity contribution in [2.75, 3.05) is 45.8 Å². The Morgan fingerprint density at radius 1 is 0.704 bits per heavy atom. The van der Waals surface area contributed by atoms with Gasteiger partial charge in [0.25, 0.3) is 20.4 Å². The first-order chi connectivity index (χ1) is 12.6. The van der Waals surface area contributed by atoms with E-state index in [1.54, 1.807) is 4.31 Å². The van der Waals surface area contributed by atoms with Crippen molar-refractivity contribution >= 4 is 20.4 Å². The number of piperazine rings is 1. The Bertz CT molecular complexity index is 711. The Kier molecular flexibility index (Phi) is 6.51. The summed E-state index contributed by atoms with van der Waals surface area (Å²) in [5.74, 6) is 0. The highest BCUT2D eigenvalue weighted by Crippen LogP contribution is 2.24. The third-order valence-corrected chi connectivity index (χ3v) is 9.72. The molecular weight excluding hydrogens is 392 g/mol. The van der Waals surface area contributed by atoms with Crippen LogP contribution in [0.2, 0.25) is 0 Å². The maximum atomic E-state index is 13.0. The van der Waals surface area contributed by atoms with E-state index in [1.165, 1.54) is 12.9 Å². The summed E-state index contributed by atoms with van der Waals surface area (Å²) in [6.45, 7) is 7.63. The lowest BCUT2D eigenvalue weighted by Crippen LogP contribution is -2.59. The molecule has 0 N–H and O–H groups in total. The van der Waals surface area contributed by atoms with Gasteiger partial charge in [0, 0.05) is 51.9 Å². The van der Waals surface area contributed by atoms with Crippen LogP contribution in [0.3, 0.4) is 0 Å². The van der Waals surface area contributed by atoms with E-state index < -0.39 is 20.4 Å². The summed E-state index contributed by atoms with van der Waals surface area (Å²) in [6, 6.07) is 0.00170. The number of nitrogens with zero attached hydrogens (tertiary/aromatic N) is 4. The SMILES string of the molecule is CC1CN(S(=O)(=O)N2CCN(S(=O)(=O)N3CCCCC3C)CC2)CC(C)O1. The molecule has 9 nitrogen and oxygen atoms in total. The summed E-state index contributed by atoms with van der Waals surface area (Å²) >= 11 is 0. The van der Waals surface area contributed by atoms with E-state index in [0.717, 1.165) is 19.3 Å². The molecule has 27 heavy (non-hydrogen) atoms. The van der Waals surface area contributed by atoms with Crippen molar-refractivity contribution in [2.24, 2.45) is 0 Å². The van der Waals surface area contributed by atoms with Crippen LogP contribution in [-0.2, 0) is 25.2 Å². The summed E-state index contributed by atoms with van der Waals surface area (Å²) in [6.07, 6.45) is 2.51. The number of morpholine rings is 1. The van der Waals surface area contributed by atoms with Crippen molar-refractivity contribution in [3.8, 4) is 0 Å². The van der Waals surface area contributed by atoms with Gasteiger partial charge in [-0.1, -0.05) is 6.42 Å². The van der Waals surface area contributed by atoms with E-state index >= 15 is 0 Å². The highest BCUT2D eigenvalue weighted by Gasteiger charge is 2.40. The summed E-state index contributed by atoms with van der Waals surface area (Å²) in [4.78, 5) is 0. The molecule has 0 aromatic carbocycles. The molecule has 0 aromatic heterocycles. The molecule has 3 rings (SSSR count). The van der Waals surface area contributed by atoms with Crippen LogP contribution in [0.4, 0.5) is 0 Å². The van der Waals surface area contributed by atoms with E-state index in [4.69, 9.17) is 4.74 Å². The van der Waals surface area contributed by atoms with Crippen LogP contribution in [0.15, 0.2) is 0 Å². The molecule has 0 spiro atoms. The average molecular weight is 425 g/mol. The topological polar surface area (TPSA) is 90.5 Å². The van der Waals surface area contributed by atoms with Gasteiger partial charge >= 0.3 is 0 Å². The molecule has 0 bridgehead atoms. The fourth-order valence-electron chi connectivity index (χ4n) is 4.18. The zero-order chi connectivity index (χ0) is 19.8. The van der Waals surface area contributed by atoms with Gasteiger partial charge < -0.3 is 4.74 Å². The van der Waals surface area contributed by atoms with Gasteiger partial charge in [0.2, 0.25) is 0 Å². The van der Waals surface area contributed by atoms with Gasteiger partial charge in [0.05, 0.1) is 12.2 Å². The maximum Gasteiger partial charge on any atom is 0.282 e. The first-order valence-corrected chi connectivity index (χ1v) is 12.6. The minimum Gasteiger partial charge on any atom is -0.373 e. The monoisotopic (exact) mass is 424 g/mol. The van der Waals surface area contributed by atoms with Crippen molar-refractivity contribution in [2.45, 2.75) is 58.3 Å². The fraction of sp³-hybridized carbons (Fsp3) is 1.00. The van der Waals surface area contributed by atoms with Crippen LogP contribution in [-0.4, -0.2) is 98.1 Å². The molecule has 3 aliphatic rings. The van der Waals surface area contributed by atoms with E-state index in [0.29, 0.717) is 19.6 Å². The molecule has 0 aromatic rings. The van der Waals surface area contributed by atoms with Crippen molar-refractivity contribution in [1.29, 1.82) is 0 Å². The normalized spacial score (nSPS) is 34.0. The predicted molar refractivity (Wildman–Crippen MR) is 103 cm³/mol. The quantitative estimate of drug-likeness (QED) is 0.637. The number of piperidine rings is 1. The van der Waals surface area contributed by atoms with Crippen LogP contribution in [0.1, 0.15) is 40.0 Å². The molecule has 3 fully saturated rings. The molecule has 158 valence electrons. The van der Waals surface area contributed by atoms with Crippen molar-refractivity contribution in [1.82, 2.24) is 17.2 Å². The maximum absolute atomic E-state index is 13.0. The molecule has 11 heteroatoms. The number of hydrogen-bond acceptors (Lipinski definition) is 5. The Balaban J connectivity index is 1.64. The summed E-state index contributed by atoms with van der Waals surface area (Å²) in [5.41, 5.74) is 0. The fourth-order valence-corrected chi connectivity index (χ4v) is 7.77. The van der Waals surface area contributed by atoms with Crippen molar-refractivity contribution in [3.05, 3.63) is 0 Å². The van der Waals surface area contributed by atoms with Gasteiger partial charge in [-0.3, -0.25) is 0 Å². The molecule has 3 aliphatic heterocycles. The van der Waals surface area contributed by atoms with Crippen LogP contribution in [0, 0.1) is 0 Å². The molecule has 0 amide bonds. The average Bonchev–Trinajstić information content (AvgIpc) is 2.61. The minimum atomic E-state index is -3.60. The predicted octanol–water partition coefficient (Wildman–Crippen LogP) is 0.0772. The highest BCUT2D eigenvalue weighted by molar-refractivity contribution is 7.87. The first-order valence-electron chi connectivity index (χ1n) is 9.80. The Morgan fingerprint density at radius 2 is 1.22 bits per heavy atom. The second-order valence-electron chi connectivity index (χ2n) is 7.84. The Labute approximate surface area is 163 Å². The number of rotatable bonds is 4. The van der Waals surface area contributed by atoms with E-state index in [1.807, 2.05) is 20.8 Å².